The van der Waals surface area contributed by atoms with Gasteiger partial charge in [0.2, 0.25) is 20.4 Å². The summed E-state index contributed by atoms with van der Waals surface area (Å²) in [5.41, 5.74) is 1.20. The molecule has 188 valence electrons. The predicted octanol–water partition coefficient (Wildman–Crippen LogP) is 2.79. The Morgan fingerprint density at radius 1 is 0.730 bits per heavy atom. The van der Waals surface area contributed by atoms with Gasteiger partial charge in [-0.2, -0.15) is 0 Å². The molecule has 0 saturated heterocycles. The van der Waals surface area contributed by atoms with Crippen LogP contribution in [0.2, 0.25) is 0 Å². The summed E-state index contributed by atoms with van der Waals surface area (Å²) in [6, 6.07) is 13.4. The number of ether oxygens (including phenoxy) is 6. The van der Waals surface area contributed by atoms with Crippen LogP contribution in [0.15, 0.2) is 59.1 Å². The SMILES string of the molecule is O=C(O)C1=C(C(c2ccc3c(c2)OCO3)c2ccc3c(c2)OCO3)c2cc3c(cc2S(=O)(=O)N1)OCO3. The van der Waals surface area contributed by atoms with E-state index in [-0.39, 0.29) is 42.2 Å². The van der Waals surface area contributed by atoms with Gasteiger partial charge in [0, 0.05) is 23.1 Å². The zero-order valence-electron chi connectivity index (χ0n) is 18.8. The highest BCUT2D eigenvalue weighted by Crippen LogP contribution is 2.50. The molecule has 0 saturated carbocycles. The molecule has 0 aliphatic carbocycles. The smallest absolute Gasteiger partial charge is 0.353 e. The summed E-state index contributed by atoms with van der Waals surface area (Å²) in [6.45, 7) is 0.0373. The molecule has 7 rings (SSSR count). The molecule has 0 aromatic heterocycles. The second-order valence-corrected chi connectivity index (χ2v) is 10.2. The fraction of sp³-hybridized carbons (Fsp3) is 0.160. The largest absolute Gasteiger partial charge is 0.477 e. The Balaban J connectivity index is 1.52. The van der Waals surface area contributed by atoms with Gasteiger partial charge in [0.15, 0.2) is 34.5 Å². The van der Waals surface area contributed by atoms with Crippen LogP contribution in [0.4, 0.5) is 0 Å². The number of nitrogens with one attached hydrogen (secondary N) is 1. The Morgan fingerprint density at radius 3 is 1.76 bits per heavy atom. The quantitative estimate of drug-likeness (QED) is 0.525. The third-order valence-electron chi connectivity index (χ3n) is 6.52. The summed E-state index contributed by atoms with van der Waals surface area (Å²) in [7, 11) is -4.22. The molecule has 0 amide bonds. The topological polar surface area (TPSA) is 139 Å². The fourth-order valence-corrected chi connectivity index (χ4v) is 6.20. The van der Waals surface area contributed by atoms with Crippen molar-refractivity contribution in [2.45, 2.75) is 10.8 Å². The van der Waals surface area contributed by atoms with Crippen LogP contribution in [-0.2, 0) is 14.8 Å². The molecule has 0 fully saturated rings. The molecular weight excluding hydrogens is 506 g/mol. The number of carboxylic acid groups (broad SMARTS) is 1. The molecule has 2 N–H and O–H groups in total. The second-order valence-electron chi connectivity index (χ2n) is 8.56. The third kappa shape index (κ3) is 3.33. The van der Waals surface area contributed by atoms with Gasteiger partial charge in [0.05, 0.1) is 4.90 Å². The summed E-state index contributed by atoms with van der Waals surface area (Å²) in [5, 5.41) is 10.2. The number of benzene rings is 3. The monoisotopic (exact) mass is 523 g/mol. The Labute approximate surface area is 209 Å². The van der Waals surface area contributed by atoms with Gasteiger partial charge in [-0.3, -0.25) is 4.72 Å². The number of rotatable bonds is 4. The van der Waals surface area contributed by atoms with E-state index >= 15 is 0 Å². The molecule has 0 radical (unpaired) electrons. The van der Waals surface area contributed by atoms with Crippen LogP contribution in [0.3, 0.4) is 0 Å². The lowest BCUT2D eigenvalue weighted by molar-refractivity contribution is -0.132. The van der Waals surface area contributed by atoms with Gasteiger partial charge < -0.3 is 33.5 Å². The number of hydrogen-bond donors (Lipinski definition) is 2. The van der Waals surface area contributed by atoms with Crippen molar-refractivity contribution >= 4 is 21.6 Å². The van der Waals surface area contributed by atoms with E-state index in [0.717, 1.165) is 0 Å². The van der Waals surface area contributed by atoms with Crippen molar-refractivity contribution < 1.29 is 46.7 Å². The molecule has 0 atom stereocenters. The summed E-state index contributed by atoms with van der Waals surface area (Å²) in [4.78, 5) is 12.4. The van der Waals surface area contributed by atoms with Crippen LogP contribution in [0.1, 0.15) is 22.6 Å². The maximum atomic E-state index is 13.2. The molecule has 4 aliphatic rings. The van der Waals surface area contributed by atoms with E-state index in [1.165, 1.54) is 12.1 Å². The highest BCUT2D eigenvalue weighted by atomic mass is 32.2. The van der Waals surface area contributed by atoms with Crippen LogP contribution in [0.25, 0.3) is 5.57 Å². The lowest BCUT2D eigenvalue weighted by atomic mass is 9.80. The normalized spacial score (nSPS) is 17.5. The first-order valence-electron chi connectivity index (χ1n) is 11.1. The molecule has 11 nitrogen and oxygen atoms in total. The molecule has 12 heteroatoms. The highest BCUT2D eigenvalue weighted by molar-refractivity contribution is 7.89. The number of sulfonamides is 1. The van der Waals surface area contributed by atoms with Gasteiger partial charge in [-0.15, -0.1) is 0 Å². The number of allylic oxidation sites excluding steroid dienone is 1. The molecule has 0 unspecified atom stereocenters. The van der Waals surface area contributed by atoms with Crippen LogP contribution >= 0.6 is 0 Å². The van der Waals surface area contributed by atoms with Crippen molar-refractivity contribution in [3.8, 4) is 34.5 Å². The van der Waals surface area contributed by atoms with E-state index in [9.17, 15) is 18.3 Å². The Hall–Kier alpha value is -4.58. The van der Waals surface area contributed by atoms with Crippen molar-refractivity contribution in [3.63, 3.8) is 0 Å². The van der Waals surface area contributed by atoms with Gasteiger partial charge in [0.25, 0.3) is 10.0 Å². The summed E-state index contributed by atoms with van der Waals surface area (Å²) >= 11 is 0. The van der Waals surface area contributed by atoms with E-state index in [4.69, 9.17) is 28.4 Å². The minimum atomic E-state index is -4.22. The summed E-state index contributed by atoms with van der Waals surface area (Å²) in [5.74, 6) is 0.442. The minimum absolute atomic E-state index is 0.0582. The van der Waals surface area contributed by atoms with Crippen LogP contribution < -0.4 is 33.1 Å². The van der Waals surface area contributed by atoms with Crippen molar-refractivity contribution in [2.75, 3.05) is 20.4 Å². The Morgan fingerprint density at radius 2 is 1.22 bits per heavy atom. The average Bonchev–Trinajstić information content (AvgIpc) is 3.64. The van der Waals surface area contributed by atoms with Gasteiger partial charge in [-0.05, 0) is 41.5 Å². The van der Waals surface area contributed by atoms with Gasteiger partial charge in [0.1, 0.15) is 5.70 Å². The van der Waals surface area contributed by atoms with E-state index in [1.807, 2.05) is 0 Å². The van der Waals surface area contributed by atoms with Crippen molar-refractivity contribution in [2.24, 2.45) is 0 Å². The molecule has 4 heterocycles. The fourth-order valence-electron chi connectivity index (χ4n) is 4.90. The zero-order chi connectivity index (χ0) is 25.3. The number of aliphatic carboxylic acids is 1. The maximum Gasteiger partial charge on any atom is 0.353 e. The number of carbonyl (C=O) groups is 1. The number of fused-ring (bicyclic) bond motifs is 4. The first-order valence-corrected chi connectivity index (χ1v) is 12.6. The maximum absolute atomic E-state index is 13.2. The third-order valence-corrected chi connectivity index (χ3v) is 7.91. The predicted molar refractivity (Wildman–Crippen MR) is 124 cm³/mol. The Bertz CT molecular complexity index is 1590. The first kappa shape index (κ1) is 21.7. The van der Waals surface area contributed by atoms with Crippen LogP contribution in [0.5, 0.6) is 34.5 Å². The number of carboxylic acids is 1. The first-order chi connectivity index (χ1) is 17.9. The average molecular weight is 523 g/mol. The molecule has 4 aliphatic heterocycles. The summed E-state index contributed by atoms with van der Waals surface area (Å²) in [6.07, 6.45) is 0. The molecule has 37 heavy (non-hydrogen) atoms. The molecule has 3 aromatic rings. The van der Waals surface area contributed by atoms with Crippen LogP contribution in [-0.4, -0.2) is 39.9 Å². The molecule has 3 aromatic carbocycles. The van der Waals surface area contributed by atoms with Gasteiger partial charge in [-0.1, -0.05) is 12.1 Å². The number of hydrogen-bond acceptors (Lipinski definition) is 9. The summed E-state index contributed by atoms with van der Waals surface area (Å²) < 4.78 is 61.5. The Kier molecular flexibility index (Phi) is 4.52. The van der Waals surface area contributed by atoms with E-state index in [1.54, 1.807) is 36.4 Å². The van der Waals surface area contributed by atoms with Gasteiger partial charge >= 0.3 is 5.97 Å². The molecule has 0 spiro atoms. The van der Waals surface area contributed by atoms with Crippen LogP contribution in [0, 0.1) is 0 Å². The highest BCUT2D eigenvalue weighted by Gasteiger charge is 2.39. The zero-order valence-corrected chi connectivity index (χ0v) is 19.7. The standard InChI is InChI=1S/C25H17NO10S/c27-25(28)24-23(14-7-19-20(36-11-35-19)8-21(14)37(29,30)26-24)22(12-1-3-15-17(5-12)33-9-31-15)13-2-4-16-18(6-13)34-10-32-16/h1-8,22,26H,9-11H2,(H,27,28). The molecule has 0 bridgehead atoms. The van der Waals surface area contributed by atoms with Crippen molar-refractivity contribution in [1.82, 2.24) is 4.72 Å². The van der Waals surface area contributed by atoms with Crippen molar-refractivity contribution in [3.05, 3.63) is 70.9 Å². The lowest BCUT2D eigenvalue weighted by Gasteiger charge is -2.29. The van der Waals surface area contributed by atoms with E-state index in [2.05, 4.69) is 4.72 Å². The lowest BCUT2D eigenvalue weighted by Crippen LogP contribution is -2.34. The van der Waals surface area contributed by atoms with E-state index < -0.39 is 27.6 Å². The van der Waals surface area contributed by atoms with Gasteiger partial charge in [-0.25, -0.2) is 13.2 Å². The second kappa shape index (κ2) is 7.71. The molecular formula is C25H17NO10S. The minimum Gasteiger partial charge on any atom is -0.477 e. The van der Waals surface area contributed by atoms with E-state index in [0.29, 0.717) is 39.9 Å². The van der Waals surface area contributed by atoms with Crippen molar-refractivity contribution in [1.29, 1.82) is 0 Å².